The highest BCUT2D eigenvalue weighted by molar-refractivity contribution is 7.17. The van der Waals surface area contributed by atoms with Gasteiger partial charge in [0.05, 0.1) is 4.88 Å². The molecule has 2 heterocycles. The van der Waals surface area contributed by atoms with Crippen LogP contribution in [0.4, 0.5) is 15.8 Å². The van der Waals surface area contributed by atoms with E-state index in [4.69, 9.17) is 0 Å². The monoisotopic (exact) mass is 409 g/mol. The van der Waals surface area contributed by atoms with Gasteiger partial charge in [0.15, 0.2) is 0 Å². The molecular formula is C23H24FN3OS. The zero-order chi connectivity index (χ0) is 20.4. The fourth-order valence-electron chi connectivity index (χ4n) is 3.58. The van der Waals surface area contributed by atoms with E-state index in [2.05, 4.69) is 41.3 Å². The van der Waals surface area contributed by atoms with Crippen LogP contribution in [0.25, 0.3) is 10.4 Å². The van der Waals surface area contributed by atoms with E-state index in [0.717, 1.165) is 29.2 Å². The van der Waals surface area contributed by atoms with Gasteiger partial charge in [-0.15, -0.1) is 11.3 Å². The molecule has 0 radical (unpaired) electrons. The van der Waals surface area contributed by atoms with Crippen molar-refractivity contribution < 1.29 is 9.18 Å². The van der Waals surface area contributed by atoms with Crippen LogP contribution < -0.4 is 10.2 Å². The summed E-state index contributed by atoms with van der Waals surface area (Å²) >= 11 is 1.40. The number of amides is 1. The summed E-state index contributed by atoms with van der Waals surface area (Å²) in [5.74, 6) is -0.400. The smallest absolute Gasteiger partial charge is 0.265 e. The van der Waals surface area contributed by atoms with Crippen LogP contribution in [0, 0.1) is 5.82 Å². The third-order valence-corrected chi connectivity index (χ3v) is 6.48. The summed E-state index contributed by atoms with van der Waals surface area (Å²) in [6.07, 6.45) is 1.17. The predicted molar refractivity (Wildman–Crippen MR) is 118 cm³/mol. The van der Waals surface area contributed by atoms with E-state index in [1.807, 2.05) is 18.2 Å². The van der Waals surface area contributed by atoms with Crippen LogP contribution in [0.2, 0.25) is 0 Å². The number of carbonyl (C=O) groups is 1. The van der Waals surface area contributed by atoms with Crippen LogP contribution >= 0.6 is 11.3 Å². The van der Waals surface area contributed by atoms with Gasteiger partial charge in [0.25, 0.3) is 5.91 Å². The summed E-state index contributed by atoms with van der Waals surface area (Å²) in [6.45, 7) is 2.08. The Morgan fingerprint density at radius 3 is 2.45 bits per heavy atom. The first kappa shape index (κ1) is 19.6. The van der Waals surface area contributed by atoms with Gasteiger partial charge >= 0.3 is 0 Å². The molecule has 29 heavy (non-hydrogen) atoms. The number of nitrogens with one attached hydrogen (secondary N) is 1. The van der Waals surface area contributed by atoms with Crippen molar-refractivity contribution in [3.63, 3.8) is 0 Å². The molecule has 1 N–H and O–H groups in total. The minimum Gasteiger partial charge on any atom is -0.370 e. The van der Waals surface area contributed by atoms with Crippen molar-refractivity contribution in [2.75, 3.05) is 37.4 Å². The van der Waals surface area contributed by atoms with Crippen molar-refractivity contribution in [3.05, 3.63) is 71.4 Å². The van der Waals surface area contributed by atoms with E-state index in [9.17, 15) is 9.18 Å². The Balaban J connectivity index is 1.39. The van der Waals surface area contributed by atoms with Crippen molar-refractivity contribution in [1.29, 1.82) is 0 Å². The second-order valence-corrected chi connectivity index (χ2v) is 8.61. The molecule has 1 aliphatic heterocycles. The molecule has 1 fully saturated rings. The lowest BCUT2D eigenvalue weighted by molar-refractivity contribution is 0.103. The van der Waals surface area contributed by atoms with Gasteiger partial charge in [-0.1, -0.05) is 12.1 Å². The number of rotatable bonds is 5. The number of nitrogens with zero attached hydrogens (tertiary/aromatic N) is 2. The Bertz CT molecular complexity index is 982. The lowest BCUT2D eigenvalue weighted by Crippen LogP contribution is -2.31. The largest absolute Gasteiger partial charge is 0.370 e. The Morgan fingerprint density at radius 1 is 1.07 bits per heavy atom. The first-order valence-corrected chi connectivity index (χ1v) is 10.5. The molecule has 2 aromatic carbocycles. The SMILES string of the molecule is CN(C)C1CCN(c2ccc(NC(=O)c3ccc(-c4ccc(F)cc4)s3)cc2)C1. The van der Waals surface area contributed by atoms with Crippen LogP contribution in [0.5, 0.6) is 0 Å². The van der Waals surface area contributed by atoms with Crippen molar-refractivity contribution in [2.24, 2.45) is 0 Å². The van der Waals surface area contributed by atoms with Crippen molar-refractivity contribution in [2.45, 2.75) is 12.5 Å². The Labute approximate surface area is 174 Å². The third-order valence-electron chi connectivity index (χ3n) is 5.34. The second kappa shape index (κ2) is 8.35. The number of carbonyl (C=O) groups excluding carboxylic acids is 1. The summed E-state index contributed by atoms with van der Waals surface area (Å²) < 4.78 is 13.1. The van der Waals surface area contributed by atoms with Crippen LogP contribution in [-0.4, -0.2) is 44.0 Å². The number of benzene rings is 2. The summed E-state index contributed by atoms with van der Waals surface area (Å²) in [6, 6.07) is 18.6. The van der Waals surface area contributed by atoms with E-state index >= 15 is 0 Å². The molecular weight excluding hydrogens is 385 g/mol. The lowest BCUT2D eigenvalue weighted by Gasteiger charge is -2.22. The molecule has 3 aromatic rings. The number of likely N-dealkylation sites (N-methyl/N-ethyl adjacent to an activating group) is 1. The molecule has 1 saturated heterocycles. The fourth-order valence-corrected chi connectivity index (χ4v) is 4.48. The number of hydrogen-bond acceptors (Lipinski definition) is 4. The number of anilines is 2. The summed E-state index contributed by atoms with van der Waals surface area (Å²) in [5.41, 5.74) is 2.86. The molecule has 0 bridgehead atoms. The molecule has 1 atom stereocenters. The summed E-state index contributed by atoms with van der Waals surface area (Å²) in [5, 5.41) is 2.96. The highest BCUT2D eigenvalue weighted by Gasteiger charge is 2.24. The van der Waals surface area contributed by atoms with E-state index < -0.39 is 0 Å². The third kappa shape index (κ3) is 4.49. The van der Waals surface area contributed by atoms with Gasteiger partial charge in [0.1, 0.15) is 5.82 Å². The highest BCUT2D eigenvalue weighted by Crippen LogP contribution is 2.29. The zero-order valence-corrected chi connectivity index (χ0v) is 17.4. The van der Waals surface area contributed by atoms with Crippen LogP contribution in [0.15, 0.2) is 60.7 Å². The minimum absolute atomic E-state index is 0.134. The van der Waals surface area contributed by atoms with Crippen molar-refractivity contribution in [3.8, 4) is 10.4 Å². The molecule has 1 aliphatic rings. The second-order valence-electron chi connectivity index (χ2n) is 7.52. The average molecular weight is 410 g/mol. The van der Waals surface area contributed by atoms with E-state index in [0.29, 0.717) is 10.9 Å². The van der Waals surface area contributed by atoms with Crippen LogP contribution in [-0.2, 0) is 0 Å². The zero-order valence-electron chi connectivity index (χ0n) is 16.6. The maximum atomic E-state index is 13.1. The molecule has 4 rings (SSSR count). The quantitative estimate of drug-likeness (QED) is 0.648. The first-order chi connectivity index (χ1) is 14.0. The van der Waals surface area contributed by atoms with Crippen LogP contribution in [0.3, 0.4) is 0 Å². The molecule has 6 heteroatoms. The first-order valence-electron chi connectivity index (χ1n) is 9.68. The molecule has 0 aliphatic carbocycles. The Kier molecular flexibility index (Phi) is 5.65. The van der Waals surface area contributed by atoms with Crippen molar-refractivity contribution in [1.82, 2.24) is 4.90 Å². The fraction of sp³-hybridized carbons (Fsp3) is 0.261. The lowest BCUT2D eigenvalue weighted by atomic mass is 10.2. The summed E-state index contributed by atoms with van der Waals surface area (Å²) in [4.78, 5) is 18.8. The van der Waals surface area contributed by atoms with E-state index in [1.54, 1.807) is 18.2 Å². The molecule has 0 saturated carbocycles. The molecule has 1 aromatic heterocycles. The Hall–Kier alpha value is -2.70. The topological polar surface area (TPSA) is 35.6 Å². The van der Waals surface area contributed by atoms with Gasteiger partial charge in [-0.2, -0.15) is 0 Å². The van der Waals surface area contributed by atoms with Crippen LogP contribution in [0.1, 0.15) is 16.1 Å². The van der Waals surface area contributed by atoms with E-state index in [1.165, 1.54) is 35.6 Å². The average Bonchev–Trinajstić information content (AvgIpc) is 3.39. The maximum Gasteiger partial charge on any atom is 0.265 e. The number of hydrogen-bond donors (Lipinski definition) is 1. The standard InChI is InChI=1S/C23H24FN3OS/c1-26(2)20-13-14-27(15-20)19-9-7-18(8-10-19)25-23(28)22-12-11-21(29-22)16-3-5-17(24)6-4-16/h3-12,20H,13-15H2,1-2H3,(H,25,28). The molecule has 1 unspecified atom stereocenters. The molecule has 4 nitrogen and oxygen atoms in total. The molecule has 150 valence electrons. The van der Waals surface area contributed by atoms with Gasteiger partial charge in [0.2, 0.25) is 0 Å². The number of halogens is 1. The van der Waals surface area contributed by atoms with Gasteiger partial charge in [-0.05, 0) is 74.6 Å². The van der Waals surface area contributed by atoms with Gasteiger partial charge < -0.3 is 15.1 Å². The highest BCUT2D eigenvalue weighted by atomic mass is 32.1. The predicted octanol–water partition coefficient (Wildman–Crippen LogP) is 4.95. The number of thiophene rings is 1. The van der Waals surface area contributed by atoms with Gasteiger partial charge in [-0.3, -0.25) is 4.79 Å². The summed E-state index contributed by atoms with van der Waals surface area (Å²) in [7, 11) is 4.25. The molecule has 1 amide bonds. The Morgan fingerprint density at radius 2 is 1.79 bits per heavy atom. The van der Waals surface area contributed by atoms with E-state index in [-0.39, 0.29) is 11.7 Å². The van der Waals surface area contributed by atoms with Gasteiger partial charge in [0, 0.05) is 35.4 Å². The maximum absolute atomic E-state index is 13.1. The molecule has 0 spiro atoms. The minimum atomic E-state index is -0.266. The normalized spacial score (nSPS) is 16.4. The van der Waals surface area contributed by atoms with Gasteiger partial charge in [-0.25, -0.2) is 4.39 Å². The van der Waals surface area contributed by atoms with Crippen molar-refractivity contribution >= 4 is 28.6 Å².